The van der Waals surface area contributed by atoms with Crippen LogP contribution < -0.4 is 5.73 Å². The first-order valence-corrected chi connectivity index (χ1v) is 4.06. The summed E-state index contributed by atoms with van der Waals surface area (Å²) in [4.78, 5) is 11.5. The summed E-state index contributed by atoms with van der Waals surface area (Å²) in [6.07, 6.45) is 3.38. The van der Waals surface area contributed by atoms with E-state index in [1.165, 1.54) is 12.5 Å². The number of carbonyl (C=O) groups excluding carboxylic acids is 1. The molecule has 4 nitrogen and oxygen atoms in total. The minimum atomic E-state index is -0.502. The number of carbonyl (C=O) groups is 1. The fourth-order valence-electron chi connectivity index (χ4n) is 0.995. The van der Waals surface area contributed by atoms with Gasteiger partial charge < -0.3 is 14.9 Å². The zero-order valence-corrected chi connectivity index (χ0v) is 7.53. The number of methoxy groups -OCH3 is 1. The number of hydrogen-bond donors (Lipinski definition) is 1. The molecule has 72 valence electrons. The molecule has 0 spiro atoms. The summed E-state index contributed by atoms with van der Waals surface area (Å²) in [5, 5.41) is 0. The lowest BCUT2D eigenvalue weighted by Gasteiger charge is -2.07. The molecule has 1 unspecified atom stereocenters. The van der Waals surface area contributed by atoms with Crippen LogP contribution in [0.25, 0.3) is 0 Å². The first-order valence-electron chi connectivity index (χ1n) is 4.06. The average molecular weight is 183 g/mol. The van der Waals surface area contributed by atoms with Crippen molar-refractivity contribution in [3.05, 3.63) is 24.2 Å². The third-order valence-electron chi connectivity index (χ3n) is 1.78. The van der Waals surface area contributed by atoms with Gasteiger partial charge in [0.15, 0.2) is 5.78 Å². The molecule has 1 atom stereocenters. The van der Waals surface area contributed by atoms with Crippen LogP contribution in [0, 0.1) is 0 Å². The molecule has 0 fully saturated rings. The zero-order valence-electron chi connectivity index (χ0n) is 7.53. The predicted molar refractivity (Wildman–Crippen MR) is 47.5 cm³/mol. The second kappa shape index (κ2) is 4.79. The lowest BCUT2D eigenvalue weighted by atomic mass is 10.1. The van der Waals surface area contributed by atoms with Crippen LogP contribution in [-0.2, 0) is 4.74 Å². The summed E-state index contributed by atoms with van der Waals surface area (Å²) < 4.78 is 9.61. The molecule has 0 aliphatic rings. The molecule has 0 saturated heterocycles. The van der Waals surface area contributed by atoms with Crippen LogP contribution >= 0.6 is 0 Å². The second-order valence-corrected chi connectivity index (χ2v) is 2.76. The SMILES string of the molecule is COCCC(N)C(=O)c1ccoc1. The molecule has 2 N–H and O–H groups in total. The molecular formula is C9H13NO3. The molecule has 0 amide bonds. The number of furan rings is 1. The van der Waals surface area contributed by atoms with Gasteiger partial charge >= 0.3 is 0 Å². The minimum Gasteiger partial charge on any atom is -0.472 e. The summed E-state index contributed by atoms with van der Waals surface area (Å²) in [6.45, 7) is 0.491. The number of rotatable bonds is 5. The van der Waals surface area contributed by atoms with Crippen molar-refractivity contribution in [3.63, 3.8) is 0 Å². The molecule has 1 aromatic rings. The van der Waals surface area contributed by atoms with Crippen LogP contribution in [0.15, 0.2) is 23.0 Å². The van der Waals surface area contributed by atoms with Gasteiger partial charge in [0, 0.05) is 13.7 Å². The van der Waals surface area contributed by atoms with Gasteiger partial charge in [-0.1, -0.05) is 0 Å². The first kappa shape index (κ1) is 9.95. The van der Waals surface area contributed by atoms with E-state index in [1.807, 2.05) is 0 Å². The quantitative estimate of drug-likeness (QED) is 0.686. The van der Waals surface area contributed by atoms with Gasteiger partial charge in [-0.15, -0.1) is 0 Å². The number of Topliss-reactive ketones (excluding diaryl/α,β-unsaturated/α-hetero) is 1. The Morgan fingerprint density at radius 2 is 2.54 bits per heavy atom. The van der Waals surface area contributed by atoms with Gasteiger partial charge in [-0.3, -0.25) is 4.79 Å². The molecule has 1 heterocycles. The molecule has 0 aliphatic carbocycles. The normalized spacial score (nSPS) is 12.8. The van der Waals surface area contributed by atoms with E-state index in [1.54, 1.807) is 13.2 Å². The lowest BCUT2D eigenvalue weighted by molar-refractivity contribution is 0.0935. The summed E-state index contributed by atoms with van der Waals surface area (Å²) >= 11 is 0. The lowest BCUT2D eigenvalue weighted by Crippen LogP contribution is -2.31. The number of hydrogen-bond acceptors (Lipinski definition) is 4. The molecule has 0 bridgehead atoms. The topological polar surface area (TPSA) is 65.5 Å². The Hall–Kier alpha value is -1.13. The molecule has 1 rings (SSSR count). The zero-order chi connectivity index (χ0) is 9.68. The maximum absolute atomic E-state index is 11.5. The molecule has 13 heavy (non-hydrogen) atoms. The average Bonchev–Trinajstić information content (AvgIpc) is 2.65. The Balaban J connectivity index is 2.48. The van der Waals surface area contributed by atoms with E-state index in [0.717, 1.165) is 0 Å². The standard InChI is InChI=1S/C9H13NO3/c1-12-4-3-8(10)9(11)7-2-5-13-6-7/h2,5-6,8H,3-4,10H2,1H3. The smallest absolute Gasteiger partial charge is 0.182 e. The Kier molecular flexibility index (Phi) is 3.67. The largest absolute Gasteiger partial charge is 0.472 e. The first-order chi connectivity index (χ1) is 6.25. The van der Waals surface area contributed by atoms with E-state index in [-0.39, 0.29) is 5.78 Å². The van der Waals surface area contributed by atoms with Crippen molar-refractivity contribution in [1.29, 1.82) is 0 Å². The van der Waals surface area contributed by atoms with Crippen molar-refractivity contribution in [3.8, 4) is 0 Å². The van der Waals surface area contributed by atoms with Crippen LogP contribution in [0.2, 0.25) is 0 Å². The highest BCUT2D eigenvalue weighted by atomic mass is 16.5. The summed E-state index contributed by atoms with van der Waals surface area (Å²) in [5.74, 6) is -0.106. The Bertz CT molecular complexity index is 256. The van der Waals surface area contributed by atoms with Crippen molar-refractivity contribution in [2.75, 3.05) is 13.7 Å². The van der Waals surface area contributed by atoms with E-state index in [0.29, 0.717) is 18.6 Å². The highest BCUT2D eigenvalue weighted by molar-refractivity contribution is 5.99. The monoisotopic (exact) mass is 183 g/mol. The van der Waals surface area contributed by atoms with Crippen LogP contribution in [-0.4, -0.2) is 25.5 Å². The molecule has 0 saturated carbocycles. The molecule has 0 aliphatic heterocycles. The van der Waals surface area contributed by atoms with Crippen LogP contribution in [0.1, 0.15) is 16.8 Å². The van der Waals surface area contributed by atoms with Crippen LogP contribution in [0.4, 0.5) is 0 Å². The van der Waals surface area contributed by atoms with Crippen molar-refractivity contribution >= 4 is 5.78 Å². The Labute approximate surface area is 76.7 Å². The summed E-state index contributed by atoms with van der Waals surface area (Å²) in [5.41, 5.74) is 6.14. The highest BCUT2D eigenvalue weighted by Gasteiger charge is 2.15. The fraction of sp³-hybridized carbons (Fsp3) is 0.444. The predicted octanol–water partition coefficient (Wildman–Crippen LogP) is 0.826. The number of nitrogens with two attached hydrogens (primary N) is 1. The third kappa shape index (κ3) is 2.68. The molecule has 4 heteroatoms. The van der Waals surface area contributed by atoms with Gasteiger partial charge in [-0.05, 0) is 12.5 Å². The maximum atomic E-state index is 11.5. The van der Waals surface area contributed by atoms with E-state index in [9.17, 15) is 4.79 Å². The van der Waals surface area contributed by atoms with Crippen LogP contribution in [0.5, 0.6) is 0 Å². The van der Waals surface area contributed by atoms with Gasteiger partial charge in [-0.2, -0.15) is 0 Å². The van der Waals surface area contributed by atoms with E-state index < -0.39 is 6.04 Å². The van der Waals surface area contributed by atoms with Crippen molar-refractivity contribution in [2.45, 2.75) is 12.5 Å². The maximum Gasteiger partial charge on any atom is 0.182 e. The van der Waals surface area contributed by atoms with Crippen molar-refractivity contribution < 1.29 is 13.9 Å². The van der Waals surface area contributed by atoms with Crippen LogP contribution in [0.3, 0.4) is 0 Å². The second-order valence-electron chi connectivity index (χ2n) is 2.76. The minimum absolute atomic E-state index is 0.106. The van der Waals surface area contributed by atoms with Gasteiger partial charge in [0.05, 0.1) is 17.9 Å². The fourth-order valence-corrected chi connectivity index (χ4v) is 0.995. The molecule has 1 aromatic heterocycles. The molecular weight excluding hydrogens is 170 g/mol. The summed E-state index contributed by atoms with van der Waals surface area (Å²) in [6, 6.07) is 1.10. The Morgan fingerprint density at radius 3 is 3.08 bits per heavy atom. The van der Waals surface area contributed by atoms with Gasteiger partial charge in [-0.25, -0.2) is 0 Å². The third-order valence-corrected chi connectivity index (χ3v) is 1.78. The van der Waals surface area contributed by atoms with E-state index in [2.05, 4.69) is 0 Å². The molecule has 0 aromatic carbocycles. The van der Waals surface area contributed by atoms with Gasteiger partial charge in [0.25, 0.3) is 0 Å². The van der Waals surface area contributed by atoms with E-state index in [4.69, 9.17) is 14.9 Å². The van der Waals surface area contributed by atoms with Gasteiger partial charge in [0.2, 0.25) is 0 Å². The molecule has 0 radical (unpaired) electrons. The summed E-state index contributed by atoms with van der Waals surface area (Å²) in [7, 11) is 1.58. The Morgan fingerprint density at radius 1 is 1.77 bits per heavy atom. The number of ketones is 1. The van der Waals surface area contributed by atoms with Crippen molar-refractivity contribution in [2.24, 2.45) is 5.73 Å². The van der Waals surface area contributed by atoms with Crippen molar-refractivity contribution in [1.82, 2.24) is 0 Å². The van der Waals surface area contributed by atoms with E-state index >= 15 is 0 Å². The highest BCUT2D eigenvalue weighted by Crippen LogP contribution is 2.05. The van der Waals surface area contributed by atoms with Gasteiger partial charge in [0.1, 0.15) is 6.26 Å². The number of ether oxygens (including phenoxy) is 1.